The normalized spacial score (nSPS) is 19.6. The van der Waals surface area contributed by atoms with Gasteiger partial charge >= 0.3 is 27.8 Å². The Balaban J connectivity index is 0.000000250. The first-order valence-corrected chi connectivity index (χ1v) is 15.0. The Morgan fingerprint density at radius 1 is 0.977 bits per heavy atom. The van der Waals surface area contributed by atoms with Crippen LogP contribution < -0.4 is 0 Å². The van der Waals surface area contributed by atoms with Crippen LogP contribution in [0.2, 0.25) is 0 Å². The summed E-state index contributed by atoms with van der Waals surface area (Å²) in [6.07, 6.45) is 2.45. The van der Waals surface area contributed by atoms with E-state index in [4.69, 9.17) is 9.84 Å². The highest BCUT2D eigenvalue weighted by molar-refractivity contribution is 7.87. The predicted molar refractivity (Wildman–Crippen MR) is 154 cm³/mol. The fourth-order valence-corrected chi connectivity index (χ4v) is 4.83. The Morgan fingerprint density at radius 2 is 1.56 bits per heavy atom. The van der Waals surface area contributed by atoms with Gasteiger partial charge in [0.05, 0.1) is 11.2 Å². The first-order chi connectivity index (χ1) is 19.8. The third kappa shape index (κ3) is 8.85. The van der Waals surface area contributed by atoms with Gasteiger partial charge in [-0.1, -0.05) is 38.1 Å². The van der Waals surface area contributed by atoms with E-state index in [9.17, 15) is 31.2 Å². The van der Waals surface area contributed by atoms with Gasteiger partial charge in [-0.3, -0.25) is 9.88 Å². The molecule has 2 aromatic rings. The Morgan fingerprint density at radius 3 is 2.14 bits per heavy atom. The Bertz CT molecular complexity index is 1530. The minimum Gasteiger partial charge on any atom is -0.465 e. The molecule has 2 atom stereocenters. The molecule has 0 radical (unpaired) electrons. The van der Waals surface area contributed by atoms with Crippen LogP contribution in [0.3, 0.4) is 0 Å². The lowest BCUT2D eigenvalue weighted by molar-refractivity contribution is -0.0539. The molecule has 0 bridgehead atoms. The maximum absolute atomic E-state index is 12.7. The number of benzene rings is 1. The number of carbonyl (C=O) groups excluding carboxylic acids is 1. The lowest BCUT2D eigenvalue weighted by Gasteiger charge is -2.34. The first kappa shape index (κ1) is 33.7. The summed E-state index contributed by atoms with van der Waals surface area (Å²) in [4.78, 5) is 30.3. The van der Waals surface area contributed by atoms with Crippen LogP contribution in [0.1, 0.15) is 58.7 Å². The van der Waals surface area contributed by atoms with Gasteiger partial charge in [0.1, 0.15) is 5.60 Å². The van der Waals surface area contributed by atoms with E-state index in [2.05, 4.69) is 46.4 Å². The molecule has 14 heteroatoms. The summed E-state index contributed by atoms with van der Waals surface area (Å²) >= 11 is 0. The Hall–Kier alpha value is -3.81. The van der Waals surface area contributed by atoms with Gasteiger partial charge in [0.2, 0.25) is 5.88 Å². The molecule has 0 saturated heterocycles. The number of aromatic nitrogens is 1. The van der Waals surface area contributed by atoms with Crippen molar-refractivity contribution in [2.45, 2.75) is 65.5 Å². The number of rotatable bonds is 3. The summed E-state index contributed by atoms with van der Waals surface area (Å²) in [5, 5.41) is 9.86. The van der Waals surface area contributed by atoms with E-state index in [-0.39, 0.29) is 25.0 Å². The number of ether oxygens (including phenoxy) is 1. The van der Waals surface area contributed by atoms with Gasteiger partial charge in [-0.05, 0) is 70.6 Å². The van der Waals surface area contributed by atoms with E-state index in [1.165, 1.54) is 0 Å². The highest BCUT2D eigenvalue weighted by Crippen LogP contribution is 2.32. The van der Waals surface area contributed by atoms with Crippen molar-refractivity contribution in [2.75, 3.05) is 13.1 Å². The van der Waals surface area contributed by atoms with Crippen molar-refractivity contribution in [3.63, 3.8) is 0 Å². The van der Waals surface area contributed by atoms with E-state index >= 15 is 0 Å². The maximum Gasteiger partial charge on any atom is 0.534 e. The second-order valence-electron chi connectivity index (χ2n) is 11.6. The molecular weight excluding hydrogens is 591 g/mol. The molecule has 0 aliphatic carbocycles. The fourth-order valence-electron chi connectivity index (χ4n) is 4.35. The highest BCUT2D eigenvalue weighted by Gasteiger charge is 2.50. The minimum absolute atomic E-state index is 0.130. The van der Waals surface area contributed by atoms with Crippen LogP contribution in [0.25, 0.3) is 16.6 Å². The zero-order valence-corrected chi connectivity index (χ0v) is 25.6. The number of pyridine rings is 1. The number of hydrogen-bond donors (Lipinski definition) is 1. The van der Waals surface area contributed by atoms with Gasteiger partial charge in [-0.2, -0.15) is 21.6 Å². The zero-order valence-electron chi connectivity index (χ0n) is 24.8. The fraction of sp³-hybridized carbons (Fsp3) is 0.483. The molecule has 0 unspecified atom stereocenters. The van der Waals surface area contributed by atoms with Crippen molar-refractivity contribution >= 4 is 38.9 Å². The number of hydrogen-bond acceptors (Lipinski definition) is 7. The number of amides is 2. The van der Waals surface area contributed by atoms with Crippen LogP contribution in [0.5, 0.6) is 0 Å². The number of nitrogens with zero attached hydrogens (tertiary/aromatic N) is 3. The molecule has 1 aromatic carbocycles. The van der Waals surface area contributed by atoms with Crippen LogP contribution in [0.4, 0.5) is 22.8 Å². The molecule has 2 amide bonds. The highest BCUT2D eigenvalue weighted by atomic mass is 32.2. The van der Waals surface area contributed by atoms with E-state index < -0.39 is 33.2 Å². The SMILES string of the molecule is C[C@H]1CC=C(OS(=O)(=O)C(F)(F)F)N(C(=O)O)C1.Cc1ccc2ccc(C3=CC[C@H](C)CN3C(=O)OC(C)(C)C)cc2n1. The Labute approximate surface area is 248 Å². The maximum atomic E-state index is 12.7. The second kappa shape index (κ2) is 12.8. The average molecular weight is 628 g/mol. The lowest BCUT2D eigenvalue weighted by atomic mass is 9.98. The van der Waals surface area contributed by atoms with Crippen LogP contribution in [-0.2, 0) is 19.0 Å². The van der Waals surface area contributed by atoms with Gasteiger partial charge < -0.3 is 14.0 Å². The van der Waals surface area contributed by atoms with Gasteiger partial charge in [0, 0.05) is 29.7 Å². The summed E-state index contributed by atoms with van der Waals surface area (Å²) in [7, 11) is -5.85. The molecule has 0 saturated carbocycles. The molecule has 43 heavy (non-hydrogen) atoms. The predicted octanol–water partition coefficient (Wildman–Crippen LogP) is 6.87. The number of alkyl halides is 3. The summed E-state index contributed by atoms with van der Waals surface area (Å²) < 4.78 is 67.2. The third-order valence-electron chi connectivity index (χ3n) is 6.40. The molecule has 0 fully saturated rings. The van der Waals surface area contributed by atoms with Gasteiger partial charge in [-0.25, -0.2) is 14.5 Å². The van der Waals surface area contributed by atoms with E-state index in [1.54, 1.807) is 11.8 Å². The molecule has 1 N–H and O–H groups in total. The topological polar surface area (TPSA) is 126 Å². The second-order valence-corrected chi connectivity index (χ2v) is 13.2. The number of aryl methyl sites for hydroxylation is 1. The molecule has 2 aliphatic rings. The summed E-state index contributed by atoms with van der Waals surface area (Å²) in [5.74, 6) is -0.558. The quantitative estimate of drug-likeness (QED) is 0.289. The lowest BCUT2D eigenvalue weighted by Crippen LogP contribution is -2.39. The van der Waals surface area contributed by atoms with Crippen molar-refractivity contribution < 1.29 is 45.2 Å². The molecule has 1 aromatic heterocycles. The number of allylic oxidation sites excluding steroid dienone is 2. The average Bonchev–Trinajstić information content (AvgIpc) is 2.87. The molecule has 2 aliphatic heterocycles. The molecule has 3 heterocycles. The number of halogens is 3. The first-order valence-electron chi connectivity index (χ1n) is 13.6. The van der Waals surface area contributed by atoms with Crippen LogP contribution in [-0.4, -0.2) is 64.7 Å². The third-order valence-corrected chi connectivity index (χ3v) is 7.36. The van der Waals surface area contributed by atoms with Crippen LogP contribution >= 0.6 is 0 Å². The molecule has 0 spiro atoms. The zero-order chi connectivity index (χ0) is 32.3. The Kier molecular flexibility index (Phi) is 10.0. The summed E-state index contributed by atoms with van der Waals surface area (Å²) in [6.45, 7) is 12.0. The summed E-state index contributed by atoms with van der Waals surface area (Å²) in [5.41, 5.74) is -2.26. The largest absolute Gasteiger partial charge is 0.534 e. The molecule has 4 rings (SSSR count). The van der Waals surface area contributed by atoms with E-state index in [1.807, 2.05) is 33.8 Å². The number of carboxylic acid groups (broad SMARTS) is 1. The van der Waals surface area contributed by atoms with Crippen molar-refractivity contribution in [1.29, 1.82) is 0 Å². The molecule has 10 nitrogen and oxygen atoms in total. The summed E-state index contributed by atoms with van der Waals surface area (Å²) in [6, 6.07) is 10.3. The van der Waals surface area contributed by atoms with Crippen molar-refractivity contribution in [3.05, 3.63) is 59.6 Å². The van der Waals surface area contributed by atoms with E-state index in [0.717, 1.165) is 40.4 Å². The molecule has 236 valence electrons. The van der Waals surface area contributed by atoms with Gasteiger partial charge in [0.15, 0.2) is 0 Å². The number of fused-ring (bicyclic) bond motifs is 1. The van der Waals surface area contributed by atoms with Gasteiger partial charge in [-0.15, -0.1) is 0 Å². The standard InChI is InChI=1S/C21H26N2O2.C8H10F3NO5S/c1-14-6-11-19(23(13-14)20(24)25-21(3,4)5)17-10-9-16-8-7-15(2)22-18(16)12-17;1-5-2-3-6(12(4-5)7(13)14)17-18(15,16)8(9,10)11/h7-12,14H,6,13H2,1-5H3;3,5H,2,4H2,1H3,(H,13,14)/t14-;5-/m00/s1. The smallest absolute Gasteiger partial charge is 0.465 e. The monoisotopic (exact) mass is 627 g/mol. The number of carbonyl (C=O) groups is 2. The minimum atomic E-state index is -5.85. The molecular formula is C29H36F3N3O7S. The van der Waals surface area contributed by atoms with Crippen LogP contribution in [0.15, 0.2) is 48.4 Å². The van der Waals surface area contributed by atoms with Gasteiger partial charge in [0.25, 0.3) is 0 Å². The van der Waals surface area contributed by atoms with Crippen molar-refractivity contribution in [2.24, 2.45) is 11.8 Å². The van der Waals surface area contributed by atoms with Crippen molar-refractivity contribution in [3.8, 4) is 0 Å². The van der Waals surface area contributed by atoms with Crippen molar-refractivity contribution in [1.82, 2.24) is 14.8 Å². The van der Waals surface area contributed by atoms with Crippen LogP contribution in [0, 0.1) is 18.8 Å². The van der Waals surface area contributed by atoms with E-state index in [0.29, 0.717) is 17.4 Å².